The van der Waals surface area contributed by atoms with Crippen molar-refractivity contribution >= 4 is 23.1 Å². The summed E-state index contributed by atoms with van der Waals surface area (Å²) in [5.74, 6) is 0. The van der Waals surface area contributed by atoms with Gasteiger partial charge in [0.15, 0.2) is 0 Å². The van der Waals surface area contributed by atoms with Crippen molar-refractivity contribution in [3.63, 3.8) is 0 Å². The van der Waals surface area contributed by atoms with E-state index in [4.69, 9.17) is 5.73 Å². The number of thiophene rings is 1. The van der Waals surface area contributed by atoms with Crippen molar-refractivity contribution < 1.29 is 0 Å². The summed E-state index contributed by atoms with van der Waals surface area (Å²) < 4.78 is 8.06. The largest absolute Gasteiger partial charge is 0.318 e. The molecule has 0 aliphatic heterocycles. The molecule has 1 unspecified atom stereocenters. The Morgan fingerprint density at radius 2 is 2.38 bits per heavy atom. The van der Waals surface area contributed by atoms with Crippen LogP contribution in [0.4, 0.5) is 0 Å². The fourth-order valence-electron chi connectivity index (χ4n) is 1.15. The lowest BCUT2D eigenvalue weighted by Gasteiger charge is -2.06. The molecule has 2 aromatic heterocycles. The second kappa shape index (κ2) is 3.53. The zero-order valence-corrected chi connectivity index (χ0v) is 8.73. The molecule has 2 aromatic rings. The van der Waals surface area contributed by atoms with Gasteiger partial charge in [-0.2, -0.15) is 8.75 Å². The second-order valence-electron chi connectivity index (χ2n) is 2.78. The second-order valence-corrected chi connectivity index (χ2v) is 4.28. The average Bonchev–Trinajstić information content (AvgIpc) is 2.72. The summed E-state index contributed by atoms with van der Waals surface area (Å²) >= 11 is 2.86. The van der Waals surface area contributed by atoms with Gasteiger partial charge >= 0.3 is 0 Å². The van der Waals surface area contributed by atoms with E-state index in [1.54, 1.807) is 17.5 Å². The Morgan fingerprint density at radius 1 is 1.54 bits per heavy atom. The SMILES string of the molecule is Cc1ccsc1C(N)c1cnsn1. The maximum atomic E-state index is 6.02. The summed E-state index contributed by atoms with van der Waals surface area (Å²) in [4.78, 5) is 1.17. The van der Waals surface area contributed by atoms with Gasteiger partial charge in [0, 0.05) is 4.88 Å². The number of hydrogen-bond donors (Lipinski definition) is 1. The average molecular weight is 211 g/mol. The van der Waals surface area contributed by atoms with E-state index < -0.39 is 0 Å². The van der Waals surface area contributed by atoms with Crippen LogP contribution in [-0.4, -0.2) is 8.75 Å². The third-order valence-corrected chi connectivity index (χ3v) is 3.48. The molecule has 0 radical (unpaired) electrons. The quantitative estimate of drug-likeness (QED) is 0.826. The van der Waals surface area contributed by atoms with E-state index in [0.29, 0.717) is 0 Å². The Bertz CT molecular complexity index is 380. The van der Waals surface area contributed by atoms with Crippen LogP contribution in [0.15, 0.2) is 17.6 Å². The number of aromatic nitrogens is 2. The molecule has 0 saturated heterocycles. The lowest BCUT2D eigenvalue weighted by atomic mass is 10.1. The lowest BCUT2D eigenvalue weighted by molar-refractivity contribution is 0.856. The summed E-state index contributed by atoms with van der Waals surface area (Å²) in [5.41, 5.74) is 8.10. The highest BCUT2D eigenvalue weighted by molar-refractivity contribution is 7.10. The first-order valence-electron chi connectivity index (χ1n) is 3.86. The van der Waals surface area contributed by atoms with Gasteiger partial charge in [0.25, 0.3) is 0 Å². The predicted octanol–water partition coefficient (Wildman–Crippen LogP) is 1.96. The van der Waals surface area contributed by atoms with E-state index in [9.17, 15) is 0 Å². The molecule has 3 nitrogen and oxygen atoms in total. The van der Waals surface area contributed by atoms with Gasteiger partial charge in [-0.25, -0.2) is 0 Å². The van der Waals surface area contributed by atoms with Crippen molar-refractivity contribution in [2.45, 2.75) is 13.0 Å². The van der Waals surface area contributed by atoms with E-state index in [1.807, 2.05) is 5.38 Å². The normalized spacial score (nSPS) is 13.1. The van der Waals surface area contributed by atoms with Crippen LogP contribution in [-0.2, 0) is 0 Å². The van der Waals surface area contributed by atoms with Crippen LogP contribution >= 0.6 is 23.1 Å². The van der Waals surface area contributed by atoms with Gasteiger partial charge < -0.3 is 5.73 Å². The van der Waals surface area contributed by atoms with Crippen molar-refractivity contribution in [2.75, 3.05) is 0 Å². The van der Waals surface area contributed by atoms with E-state index in [0.717, 1.165) is 5.69 Å². The van der Waals surface area contributed by atoms with E-state index in [-0.39, 0.29) is 6.04 Å². The van der Waals surface area contributed by atoms with Crippen molar-refractivity contribution in [3.05, 3.63) is 33.8 Å². The highest BCUT2D eigenvalue weighted by Gasteiger charge is 2.14. The molecule has 0 amide bonds. The van der Waals surface area contributed by atoms with Crippen molar-refractivity contribution in [2.24, 2.45) is 5.73 Å². The number of nitrogens with two attached hydrogens (primary N) is 1. The van der Waals surface area contributed by atoms with Crippen LogP contribution in [0.3, 0.4) is 0 Å². The summed E-state index contributed by atoms with van der Waals surface area (Å²) in [6.45, 7) is 2.06. The Balaban J connectivity index is 2.33. The fourth-order valence-corrected chi connectivity index (χ4v) is 2.54. The summed E-state index contributed by atoms with van der Waals surface area (Å²) in [6.07, 6.45) is 1.73. The highest BCUT2D eigenvalue weighted by Crippen LogP contribution is 2.26. The third kappa shape index (κ3) is 1.63. The van der Waals surface area contributed by atoms with Crippen molar-refractivity contribution in [3.8, 4) is 0 Å². The molecule has 0 aliphatic carbocycles. The molecule has 2 rings (SSSR count). The minimum absolute atomic E-state index is 0.112. The fraction of sp³-hybridized carbons (Fsp3) is 0.250. The zero-order valence-electron chi connectivity index (χ0n) is 7.10. The first-order valence-corrected chi connectivity index (χ1v) is 5.47. The van der Waals surface area contributed by atoms with Gasteiger partial charge in [0.1, 0.15) is 0 Å². The Morgan fingerprint density at radius 3 is 2.92 bits per heavy atom. The van der Waals surface area contributed by atoms with Crippen LogP contribution in [0.5, 0.6) is 0 Å². The highest BCUT2D eigenvalue weighted by atomic mass is 32.1. The lowest BCUT2D eigenvalue weighted by Crippen LogP contribution is -2.11. The third-order valence-electron chi connectivity index (χ3n) is 1.88. The molecule has 2 N–H and O–H groups in total. The van der Waals surface area contributed by atoms with Gasteiger partial charge in [0.2, 0.25) is 0 Å². The molecule has 0 aromatic carbocycles. The van der Waals surface area contributed by atoms with E-state index in [2.05, 4.69) is 21.7 Å². The first kappa shape index (κ1) is 8.80. The molecule has 68 valence electrons. The van der Waals surface area contributed by atoms with Crippen LogP contribution < -0.4 is 5.73 Å². The number of rotatable bonds is 2. The van der Waals surface area contributed by atoms with Crippen LogP contribution in [0.25, 0.3) is 0 Å². The topological polar surface area (TPSA) is 51.8 Å². The van der Waals surface area contributed by atoms with Gasteiger partial charge in [-0.3, -0.25) is 0 Å². The molecule has 5 heteroatoms. The van der Waals surface area contributed by atoms with Gasteiger partial charge in [-0.1, -0.05) is 0 Å². The van der Waals surface area contributed by atoms with Crippen LogP contribution in [0.2, 0.25) is 0 Å². The maximum Gasteiger partial charge on any atom is 0.0963 e. The Kier molecular flexibility index (Phi) is 2.39. The van der Waals surface area contributed by atoms with Gasteiger partial charge in [-0.05, 0) is 23.9 Å². The molecule has 1 atom stereocenters. The molecule has 0 aliphatic rings. The summed E-state index contributed by atoms with van der Waals surface area (Å²) in [7, 11) is 0. The number of nitrogens with zero attached hydrogens (tertiary/aromatic N) is 2. The van der Waals surface area contributed by atoms with E-state index >= 15 is 0 Å². The first-order chi connectivity index (χ1) is 6.29. The number of hydrogen-bond acceptors (Lipinski definition) is 5. The number of aryl methyl sites for hydroxylation is 1. The van der Waals surface area contributed by atoms with Crippen LogP contribution in [0.1, 0.15) is 22.2 Å². The minimum Gasteiger partial charge on any atom is -0.318 e. The monoisotopic (exact) mass is 211 g/mol. The van der Waals surface area contributed by atoms with Crippen LogP contribution in [0, 0.1) is 6.92 Å². The zero-order chi connectivity index (χ0) is 9.26. The molecule has 0 spiro atoms. The molecule has 0 fully saturated rings. The van der Waals surface area contributed by atoms with Crippen molar-refractivity contribution in [1.29, 1.82) is 0 Å². The molecule has 0 bridgehead atoms. The predicted molar refractivity (Wildman–Crippen MR) is 55.0 cm³/mol. The summed E-state index contributed by atoms with van der Waals surface area (Å²) in [6, 6.07) is 1.96. The van der Waals surface area contributed by atoms with Gasteiger partial charge in [0.05, 0.1) is 29.7 Å². The molecule has 2 heterocycles. The van der Waals surface area contributed by atoms with Crippen molar-refractivity contribution in [1.82, 2.24) is 8.75 Å². The van der Waals surface area contributed by atoms with Gasteiger partial charge in [-0.15, -0.1) is 11.3 Å². The maximum absolute atomic E-state index is 6.02. The molecular formula is C8H9N3S2. The molecule has 0 saturated carbocycles. The Hall–Kier alpha value is -0.780. The Labute approximate surface area is 84.6 Å². The van der Waals surface area contributed by atoms with E-state index in [1.165, 1.54) is 22.2 Å². The molecule has 13 heavy (non-hydrogen) atoms. The standard InChI is InChI=1S/C8H9N3S2/c1-5-2-3-12-8(5)7(9)6-4-10-13-11-6/h2-4,7H,9H2,1H3. The minimum atomic E-state index is -0.112. The molecular weight excluding hydrogens is 202 g/mol. The summed E-state index contributed by atoms with van der Waals surface area (Å²) in [5, 5.41) is 2.05. The smallest absolute Gasteiger partial charge is 0.0963 e.